The fourth-order valence-electron chi connectivity index (χ4n) is 2.75. The van der Waals surface area contributed by atoms with Gasteiger partial charge in [0.2, 0.25) is 5.91 Å². The summed E-state index contributed by atoms with van der Waals surface area (Å²) in [5, 5.41) is 0.646. The largest absolute Gasteiger partial charge is 0.342 e. The molecule has 0 saturated heterocycles. The average Bonchev–Trinajstić information content (AvgIpc) is 2.78. The van der Waals surface area contributed by atoms with Crippen molar-refractivity contribution in [3.8, 4) is 0 Å². The number of aryl methyl sites for hydroxylation is 2. The molecule has 0 aromatic carbocycles. The van der Waals surface area contributed by atoms with Crippen molar-refractivity contribution in [2.45, 2.75) is 40.8 Å². The smallest absolute Gasteiger partial charge is 0.263 e. The van der Waals surface area contributed by atoms with E-state index in [1.165, 1.54) is 11.3 Å². The van der Waals surface area contributed by atoms with Gasteiger partial charge in [0.15, 0.2) is 0 Å². The Balaban J connectivity index is 2.60. The fourth-order valence-corrected chi connectivity index (χ4v) is 3.79. The van der Waals surface area contributed by atoms with E-state index >= 15 is 0 Å². The monoisotopic (exact) mass is 350 g/mol. The van der Waals surface area contributed by atoms with Crippen LogP contribution in [-0.4, -0.2) is 52.4 Å². The minimum atomic E-state index is -0.112. The van der Waals surface area contributed by atoms with Crippen LogP contribution in [0.5, 0.6) is 0 Å². The number of rotatable bonds is 6. The molecule has 0 aliphatic rings. The minimum absolute atomic E-state index is 0.0426. The van der Waals surface area contributed by atoms with Crippen LogP contribution in [-0.2, 0) is 17.9 Å². The zero-order valence-corrected chi connectivity index (χ0v) is 16.2. The first-order valence-electron chi connectivity index (χ1n) is 8.22. The van der Waals surface area contributed by atoms with E-state index in [0.29, 0.717) is 30.8 Å². The van der Waals surface area contributed by atoms with E-state index in [9.17, 15) is 9.59 Å². The van der Waals surface area contributed by atoms with E-state index in [0.717, 1.165) is 15.3 Å². The molecule has 0 unspecified atom stereocenters. The number of aromatic nitrogens is 2. The summed E-state index contributed by atoms with van der Waals surface area (Å²) >= 11 is 1.54. The van der Waals surface area contributed by atoms with Gasteiger partial charge >= 0.3 is 0 Å². The Bertz CT molecular complexity index is 803. The highest BCUT2D eigenvalue weighted by atomic mass is 32.1. The summed E-state index contributed by atoms with van der Waals surface area (Å²) in [4.78, 5) is 35.8. The van der Waals surface area contributed by atoms with Crippen molar-refractivity contribution < 1.29 is 4.79 Å². The van der Waals surface area contributed by atoms with Crippen LogP contribution in [0.3, 0.4) is 0 Å². The van der Waals surface area contributed by atoms with Crippen LogP contribution < -0.4 is 5.56 Å². The van der Waals surface area contributed by atoms with E-state index < -0.39 is 0 Å². The number of amides is 1. The number of fused-ring (bicyclic) bond motifs is 1. The van der Waals surface area contributed by atoms with Gasteiger partial charge in [-0.3, -0.25) is 14.2 Å². The van der Waals surface area contributed by atoms with Gasteiger partial charge in [0.25, 0.3) is 5.56 Å². The molecule has 2 aromatic rings. The van der Waals surface area contributed by atoms with Crippen LogP contribution in [0.15, 0.2) is 4.79 Å². The summed E-state index contributed by atoms with van der Waals surface area (Å²) < 4.78 is 1.54. The quantitative estimate of drug-likeness (QED) is 0.800. The molecular formula is C17H26N4O2S. The van der Waals surface area contributed by atoms with E-state index in [1.807, 2.05) is 46.7 Å². The van der Waals surface area contributed by atoms with Crippen molar-refractivity contribution in [2.24, 2.45) is 0 Å². The molecule has 0 bridgehead atoms. The molecule has 0 saturated carbocycles. The molecule has 0 fully saturated rings. The van der Waals surface area contributed by atoms with Crippen molar-refractivity contribution >= 4 is 27.5 Å². The third kappa shape index (κ3) is 3.52. The third-order valence-electron chi connectivity index (χ3n) is 4.24. The fraction of sp³-hybridized carbons (Fsp3) is 0.588. The highest BCUT2D eigenvalue weighted by Crippen LogP contribution is 2.26. The molecule has 0 radical (unpaired) electrons. The van der Waals surface area contributed by atoms with Gasteiger partial charge in [0.05, 0.1) is 11.9 Å². The summed E-state index contributed by atoms with van der Waals surface area (Å²) in [6, 6.07) is 0. The Hall–Kier alpha value is -1.73. The van der Waals surface area contributed by atoms with Gasteiger partial charge in [-0.1, -0.05) is 0 Å². The Kier molecular flexibility index (Phi) is 5.77. The number of nitrogens with zero attached hydrogens (tertiary/aromatic N) is 4. The van der Waals surface area contributed by atoms with Crippen molar-refractivity contribution in [1.29, 1.82) is 0 Å². The molecule has 1 amide bonds. The first kappa shape index (κ1) is 18.6. The molecule has 0 atom stereocenters. The van der Waals surface area contributed by atoms with Crippen LogP contribution in [0, 0.1) is 13.8 Å². The van der Waals surface area contributed by atoms with Gasteiger partial charge in [-0.2, -0.15) is 0 Å². The van der Waals surface area contributed by atoms with Crippen LogP contribution in [0.2, 0.25) is 0 Å². The lowest BCUT2D eigenvalue weighted by molar-refractivity contribution is -0.131. The number of carbonyl (C=O) groups is 1. The Labute approximate surface area is 146 Å². The molecule has 0 aliphatic carbocycles. The van der Waals surface area contributed by atoms with Crippen molar-refractivity contribution in [3.63, 3.8) is 0 Å². The maximum atomic E-state index is 13.0. The number of thiophene rings is 1. The van der Waals surface area contributed by atoms with E-state index in [-0.39, 0.29) is 18.0 Å². The van der Waals surface area contributed by atoms with E-state index in [2.05, 4.69) is 0 Å². The molecule has 2 heterocycles. The lowest BCUT2D eigenvalue weighted by Crippen LogP contribution is -2.38. The number of hydrogen-bond acceptors (Lipinski definition) is 5. The number of carbonyl (C=O) groups excluding carboxylic acids is 1. The molecule has 2 rings (SSSR count). The molecule has 132 valence electrons. The molecule has 6 nitrogen and oxygen atoms in total. The molecular weight excluding hydrogens is 324 g/mol. The molecule has 0 N–H and O–H groups in total. The lowest BCUT2D eigenvalue weighted by Gasteiger charge is -2.21. The highest BCUT2D eigenvalue weighted by molar-refractivity contribution is 7.18. The highest BCUT2D eigenvalue weighted by Gasteiger charge is 2.20. The predicted octanol–water partition coefficient (Wildman–Crippen LogP) is 2.00. The molecule has 24 heavy (non-hydrogen) atoms. The minimum Gasteiger partial charge on any atom is -0.342 e. The summed E-state index contributed by atoms with van der Waals surface area (Å²) in [5.74, 6) is 0.590. The van der Waals surface area contributed by atoms with Gasteiger partial charge in [-0.25, -0.2) is 4.98 Å². The van der Waals surface area contributed by atoms with Crippen molar-refractivity contribution in [3.05, 3.63) is 26.6 Å². The van der Waals surface area contributed by atoms with E-state index in [4.69, 9.17) is 4.98 Å². The Morgan fingerprint density at radius 3 is 2.38 bits per heavy atom. The summed E-state index contributed by atoms with van der Waals surface area (Å²) in [6.45, 7) is 9.67. The van der Waals surface area contributed by atoms with Crippen LogP contribution in [0.1, 0.15) is 30.1 Å². The Morgan fingerprint density at radius 2 is 1.83 bits per heavy atom. The standard InChI is InChI=1S/C17H26N4O2S/c1-7-20(8-2)14(22)10-21-13(9-19(5)6)18-16-15(17(21)23)11(3)12(4)24-16/h7-10H2,1-6H3. The molecule has 7 heteroatoms. The summed E-state index contributed by atoms with van der Waals surface area (Å²) in [7, 11) is 3.86. The molecule has 0 aliphatic heterocycles. The lowest BCUT2D eigenvalue weighted by atomic mass is 10.2. The van der Waals surface area contributed by atoms with Crippen LogP contribution >= 0.6 is 11.3 Å². The van der Waals surface area contributed by atoms with Gasteiger partial charge in [0, 0.05) is 18.0 Å². The zero-order valence-electron chi connectivity index (χ0n) is 15.3. The van der Waals surface area contributed by atoms with Crippen molar-refractivity contribution in [2.75, 3.05) is 27.2 Å². The zero-order chi connectivity index (χ0) is 18.0. The SMILES string of the molecule is CCN(CC)C(=O)Cn1c(CN(C)C)nc2sc(C)c(C)c2c1=O. The second kappa shape index (κ2) is 7.44. The first-order chi connectivity index (χ1) is 11.3. The van der Waals surface area contributed by atoms with E-state index in [1.54, 1.807) is 9.47 Å². The second-order valence-electron chi connectivity index (χ2n) is 6.19. The molecule has 2 aromatic heterocycles. The second-order valence-corrected chi connectivity index (χ2v) is 7.39. The van der Waals surface area contributed by atoms with Gasteiger partial charge < -0.3 is 9.80 Å². The van der Waals surface area contributed by atoms with Crippen LogP contribution in [0.4, 0.5) is 0 Å². The van der Waals surface area contributed by atoms with Gasteiger partial charge in [-0.15, -0.1) is 11.3 Å². The first-order valence-corrected chi connectivity index (χ1v) is 9.03. The maximum absolute atomic E-state index is 13.0. The number of hydrogen-bond donors (Lipinski definition) is 0. The van der Waals surface area contributed by atoms with Crippen LogP contribution in [0.25, 0.3) is 10.2 Å². The van der Waals surface area contributed by atoms with Crippen molar-refractivity contribution in [1.82, 2.24) is 19.4 Å². The average molecular weight is 350 g/mol. The number of likely N-dealkylation sites (N-methyl/N-ethyl adjacent to an activating group) is 1. The van der Waals surface area contributed by atoms with Gasteiger partial charge in [0.1, 0.15) is 17.2 Å². The maximum Gasteiger partial charge on any atom is 0.263 e. The topological polar surface area (TPSA) is 58.4 Å². The summed E-state index contributed by atoms with van der Waals surface area (Å²) in [5.41, 5.74) is 0.854. The Morgan fingerprint density at radius 1 is 1.21 bits per heavy atom. The third-order valence-corrected chi connectivity index (χ3v) is 5.34. The summed E-state index contributed by atoms with van der Waals surface area (Å²) in [6.07, 6.45) is 0. The predicted molar refractivity (Wildman–Crippen MR) is 98.7 cm³/mol. The normalized spacial score (nSPS) is 11.5. The van der Waals surface area contributed by atoms with Gasteiger partial charge in [-0.05, 0) is 47.4 Å². The molecule has 0 spiro atoms.